The lowest BCUT2D eigenvalue weighted by Crippen LogP contribution is -2.19. The van der Waals surface area contributed by atoms with Crippen LogP contribution in [0.2, 0.25) is 0 Å². The molecule has 0 aliphatic rings. The number of nitrogens with two attached hydrogens (primary N) is 1. The molecule has 1 atom stereocenters. The predicted octanol–water partition coefficient (Wildman–Crippen LogP) is 4.10. The van der Waals surface area contributed by atoms with Crippen LogP contribution in [0.4, 0.5) is 4.39 Å². The molecule has 0 bridgehead atoms. The van der Waals surface area contributed by atoms with E-state index in [1.807, 2.05) is 30.3 Å². The molecule has 5 aromatic rings. The van der Waals surface area contributed by atoms with Crippen molar-refractivity contribution in [2.45, 2.75) is 6.04 Å². The zero-order valence-corrected chi connectivity index (χ0v) is 17.0. The van der Waals surface area contributed by atoms with Crippen molar-refractivity contribution in [1.29, 1.82) is 0 Å². The zero-order chi connectivity index (χ0) is 21.9. The van der Waals surface area contributed by atoms with Gasteiger partial charge in [-0.1, -0.05) is 42.5 Å². The topological polar surface area (TPSA) is 91.7 Å². The summed E-state index contributed by atoms with van der Waals surface area (Å²) in [6.45, 7) is 0.259. The van der Waals surface area contributed by atoms with Gasteiger partial charge in [-0.25, -0.2) is 14.1 Å². The van der Waals surface area contributed by atoms with Crippen molar-refractivity contribution >= 4 is 10.9 Å². The molecule has 158 valence electrons. The number of aromatic nitrogens is 5. The Morgan fingerprint density at radius 3 is 2.59 bits per heavy atom. The maximum Gasteiger partial charge on any atom is 0.232 e. The van der Waals surface area contributed by atoms with Crippen LogP contribution >= 0.6 is 0 Å². The van der Waals surface area contributed by atoms with Crippen LogP contribution in [0.3, 0.4) is 0 Å². The molecule has 0 unspecified atom stereocenters. The minimum Gasteiger partial charge on any atom is -0.475 e. The molecule has 0 radical (unpaired) electrons. The summed E-state index contributed by atoms with van der Waals surface area (Å²) in [6.07, 6.45) is 6.45. The van der Waals surface area contributed by atoms with Crippen molar-refractivity contribution in [3.05, 3.63) is 96.8 Å². The summed E-state index contributed by atoms with van der Waals surface area (Å²) < 4.78 is 21.6. The summed E-state index contributed by atoms with van der Waals surface area (Å²) >= 11 is 0. The number of hydrogen-bond donors (Lipinski definition) is 1. The average Bonchev–Trinajstić information content (AvgIpc) is 3.26. The standard InChI is InChI=1S/C24H19FN6O/c25-18-8-4-5-9-22(18)31-23-10-20(28-11-17(23)12-29-31)21-13-27-14-24(30-21)32-15-19(26)16-6-2-1-3-7-16/h1-14,19H,15,26H2/t19-/m1/s1. The average molecular weight is 426 g/mol. The fourth-order valence-corrected chi connectivity index (χ4v) is 3.39. The Hall–Kier alpha value is -4.17. The molecule has 2 N–H and O–H groups in total. The van der Waals surface area contributed by atoms with Gasteiger partial charge in [0.05, 0.1) is 35.8 Å². The molecule has 2 aromatic carbocycles. The Morgan fingerprint density at radius 2 is 1.75 bits per heavy atom. The van der Waals surface area contributed by atoms with Crippen LogP contribution in [-0.4, -0.2) is 31.3 Å². The van der Waals surface area contributed by atoms with Crippen LogP contribution in [0.1, 0.15) is 11.6 Å². The van der Waals surface area contributed by atoms with E-state index in [-0.39, 0.29) is 18.5 Å². The number of para-hydroxylation sites is 1. The second-order valence-corrected chi connectivity index (χ2v) is 7.21. The van der Waals surface area contributed by atoms with E-state index >= 15 is 0 Å². The third-order valence-corrected chi connectivity index (χ3v) is 5.05. The third kappa shape index (κ3) is 3.91. The van der Waals surface area contributed by atoms with E-state index < -0.39 is 0 Å². The van der Waals surface area contributed by atoms with Crippen molar-refractivity contribution in [1.82, 2.24) is 24.7 Å². The third-order valence-electron chi connectivity index (χ3n) is 5.05. The molecular weight excluding hydrogens is 407 g/mol. The maximum atomic E-state index is 14.3. The molecule has 0 spiro atoms. The van der Waals surface area contributed by atoms with Crippen molar-refractivity contribution in [2.75, 3.05) is 6.61 Å². The zero-order valence-electron chi connectivity index (χ0n) is 17.0. The van der Waals surface area contributed by atoms with Gasteiger partial charge >= 0.3 is 0 Å². The molecule has 7 nitrogen and oxygen atoms in total. The number of ether oxygens (including phenoxy) is 1. The van der Waals surface area contributed by atoms with Gasteiger partial charge in [-0.15, -0.1) is 0 Å². The first-order valence-corrected chi connectivity index (χ1v) is 10.0. The normalized spacial score (nSPS) is 12.1. The van der Waals surface area contributed by atoms with Crippen LogP contribution in [0.25, 0.3) is 28.0 Å². The van der Waals surface area contributed by atoms with Gasteiger partial charge < -0.3 is 10.5 Å². The summed E-state index contributed by atoms with van der Waals surface area (Å²) in [5.74, 6) is -0.0146. The molecule has 0 saturated heterocycles. The Morgan fingerprint density at radius 1 is 0.938 bits per heavy atom. The highest BCUT2D eigenvalue weighted by molar-refractivity contribution is 5.82. The van der Waals surface area contributed by atoms with E-state index in [0.717, 1.165) is 10.9 Å². The van der Waals surface area contributed by atoms with Crippen molar-refractivity contribution in [3.63, 3.8) is 0 Å². The molecule has 0 saturated carbocycles. The molecule has 0 amide bonds. The van der Waals surface area contributed by atoms with Gasteiger partial charge in [0.15, 0.2) is 0 Å². The second kappa shape index (κ2) is 8.52. The monoisotopic (exact) mass is 426 g/mol. The van der Waals surface area contributed by atoms with Crippen LogP contribution < -0.4 is 10.5 Å². The predicted molar refractivity (Wildman–Crippen MR) is 119 cm³/mol. The summed E-state index contributed by atoms with van der Waals surface area (Å²) in [5, 5.41) is 5.10. The molecule has 5 rings (SSSR count). The van der Waals surface area contributed by atoms with E-state index in [2.05, 4.69) is 20.1 Å². The Balaban J connectivity index is 1.42. The van der Waals surface area contributed by atoms with Crippen molar-refractivity contribution in [2.24, 2.45) is 5.73 Å². The van der Waals surface area contributed by atoms with Gasteiger partial charge in [-0.3, -0.25) is 9.97 Å². The first-order valence-electron chi connectivity index (χ1n) is 10.0. The van der Waals surface area contributed by atoms with Crippen molar-refractivity contribution in [3.8, 4) is 23.0 Å². The van der Waals surface area contributed by atoms with Gasteiger partial charge in [-0.2, -0.15) is 5.10 Å². The smallest absolute Gasteiger partial charge is 0.232 e. The largest absolute Gasteiger partial charge is 0.475 e. The van der Waals surface area contributed by atoms with E-state index in [1.54, 1.807) is 47.5 Å². The highest BCUT2D eigenvalue weighted by Gasteiger charge is 2.13. The van der Waals surface area contributed by atoms with Gasteiger partial charge in [0.1, 0.15) is 23.8 Å². The fourth-order valence-electron chi connectivity index (χ4n) is 3.39. The minimum atomic E-state index is -0.360. The Labute approximate surface area is 183 Å². The van der Waals surface area contributed by atoms with Crippen LogP contribution in [0, 0.1) is 5.82 Å². The minimum absolute atomic E-state index is 0.259. The van der Waals surface area contributed by atoms with Gasteiger partial charge in [0, 0.05) is 11.6 Å². The second-order valence-electron chi connectivity index (χ2n) is 7.21. The Kier molecular flexibility index (Phi) is 5.27. The molecule has 0 fully saturated rings. The fraction of sp³-hybridized carbons (Fsp3) is 0.0833. The molecule has 3 heterocycles. The number of fused-ring (bicyclic) bond motifs is 1. The SMILES string of the molecule is N[C@H](COc1cncc(-c2cc3c(cn2)cnn3-c2ccccc2F)n1)c1ccccc1. The molecule has 3 aromatic heterocycles. The lowest BCUT2D eigenvalue weighted by atomic mass is 10.1. The first kappa shape index (κ1) is 19.8. The quantitative estimate of drug-likeness (QED) is 0.440. The summed E-state index contributed by atoms with van der Waals surface area (Å²) in [5.41, 5.74) is 9.34. The highest BCUT2D eigenvalue weighted by atomic mass is 19.1. The molecular formula is C24H19FN6O. The number of rotatable bonds is 6. The molecule has 0 aliphatic carbocycles. The summed E-state index contributed by atoms with van der Waals surface area (Å²) in [4.78, 5) is 13.2. The lowest BCUT2D eigenvalue weighted by molar-refractivity contribution is 0.279. The van der Waals surface area contributed by atoms with Gasteiger partial charge in [-0.05, 0) is 23.8 Å². The number of halogens is 1. The van der Waals surface area contributed by atoms with Gasteiger partial charge in [0.2, 0.25) is 5.88 Å². The van der Waals surface area contributed by atoms with E-state index in [1.165, 1.54) is 12.3 Å². The van der Waals surface area contributed by atoms with Crippen LogP contribution in [0.15, 0.2) is 85.5 Å². The van der Waals surface area contributed by atoms with Crippen LogP contribution in [0.5, 0.6) is 5.88 Å². The molecule has 8 heteroatoms. The number of benzene rings is 2. The van der Waals surface area contributed by atoms with E-state index in [0.29, 0.717) is 28.5 Å². The number of pyridine rings is 1. The van der Waals surface area contributed by atoms with E-state index in [4.69, 9.17) is 10.5 Å². The lowest BCUT2D eigenvalue weighted by Gasteiger charge is -2.13. The number of hydrogen-bond acceptors (Lipinski definition) is 6. The van der Waals surface area contributed by atoms with Gasteiger partial charge in [0.25, 0.3) is 0 Å². The van der Waals surface area contributed by atoms with Crippen LogP contribution in [-0.2, 0) is 0 Å². The maximum absolute atomic E-state index is 14.3. The summed E-state index contributed by atoms with van der Waals surface area (Å²) in [7, 11) is 0. The highest BCUT2D eigenvalue weighted by Crippen LogP contribution is 2.24. The Bertz CT molecular complexity index is 1370. The van der Waals surface area contributed by atoms with Crippen molar-refractivity contribution < 1.29 is 9.13 Å². The molecule has 0 aliphatic heterocycles. The number of nitrogens with zero attached hydrogens (tertiary/aromatic N) is 5. The summed E-state index contributed by atoms with van der Waals surface area (Å²) in [6, 6.07) is 17.7. The van der Waals surface area contributed by atoms with E-state index in [9.17, 15) is 4.39 Å². The molecule has 32 heavy (non-hydrogen) atoms. The first-order chi connectivity index (χ1) is 15.7.